The number of hydrogen-bond acceptors (Lipinski definition) is 7. The molecule has 0 aromatic heterocycles. The van der Waals surface area contributed by atoms with Crippen molar-refractivity contribution in [3.05, 3.63) is 30.3 Å². The highest BCUT2D eigenvalue weighted by molar-refractivity contribution is 7.87. The lowest BCUT2D eigenvalue weighted by Crippen LogP contribution is -2.34. The number of carbonyl (C=O) groups excluding carboxylic acids is 2. The summed E-state index contributed by atoms with van der Waals surface area (Å²) in [7, 11) is -4.80. The first-order valence-electron chi connectivity index (χ1n) is 12.3. The summed E-state index contributed by atoms with van der Waals surface area (Å²) in [6, 6.07) is 9.12. The van der Waals surface area contributed by atoms with E-state index in [0.717, 1.165) is 19.3 Å². The summed E-state index contributed by atoms with van der Waals surface area (Å²) in [5, 5.41) is -1.98. The molecule has 0 aliphatic rings. The Kier molecular flexibility index (Phi) is 16.0. The normalized spacial score (nSPS) is 12.2. The molecule has 0 heterocycles. The third-order valence-electron chi connectivity index (χ3n) is 5.28. The molecule has 1 N–H and O–H groups in total. The van der Waals surface area contributed by atoms with E-state index in [9.17, 15) is 22.6 Å². The van der Waals surface area contributed by atoms with Gasteiger partial charge in [-0.05, 0) is 18.6 Å². The lowest BCUT2D eigenvalue weighted by Gasteiger charge is -2.13. The SMILES string of the molecule is CCCCCCCCCCCCOC(=O)C(CC(=O)OCCCOc1ccccc1)S(=O)(=O)O. The molecular formula is C25H40O8S. The van der Waals surface area contributed by atoms with Gasteiger partial charge in [0.1, 0.15) is 5.75 Å². The molecule has 0 radical (unpaired) electrons. The predicted molar refractivity (Wildman–Crippen MR) is 130 cm³/mol. The maximum Gasteiger partial charge on any atom is 0.327 e. The molecule has 0 fully saturated rings. The van der Waals surface area contributed by atoms with Gasteiger partial charge in [0, 0.05) is 6.42 Å². The predicted octanol–water partition coefficient (Wildman–Crippen LogP) is 5.11. The number of unbranched alkanes of at least 4 members (excludes halogenated alkanes) is 9. The Morgan fingerprint density at radius 2 is 1.35 bits per heavy atom. The van der Waals surface area contributed by atoms with Gasteiger partial charge in [-0.2, -0.15) is 8.42 Å². The van der Waals surface area contributed by atoms with Gasteiger partial charge in [-0.1, -0.05) is 82.9 Å². The lowest BCUT2D eigenvalue weighted by atomic mass is 10.1. The van der Waals surface area contributed by atoms with E-state index in [0.29, 0.717) is 25.2 Å². The molecule has 8 nitrogen and oxygen atoms in total. The second-order valence-corrected chi connectivity index (χ2v) is 9.89. The van der Waals surface area contributed by atoms with Crippen molar-refractivity contribution in [2.45, 2.75) is 89.2 Å². The van der Waals surface area contributed by atoms with E-state index in [2.05, 4.69) is 6.92 Å². The molecular weight excluding hydrogens is 460 g/mol. The summed E-state index contributed by atoms with van der Waals surface area (Å²) in [6.45, 7) is 2.55. The van der Waals surface area contributed by atoms with Crippen LogP contribution in [0.2, 0.25) is 0 Å². The Morgan fingerprint density at radius 3 is 1.94 bits per heavy atom. The molecule has 1 aromatic carbocycles. The zero-order valence-corrected chi connectivity index (χ0v) is 21.1. The van der Waals surface area contributed by atoms with Crippen molar-refractivity contribution in [2.75, 3.05) is 19.8 Å². The highest BCUT2D eigenvalue weighted by atomic mass is 32.2. The van der Waals surface area contributed by atoms with Crippen LogP contribution in [0.3, 0.4) is 0 Å². The second kappa shape index (κ2) is 18.2. The second-order valence-electron chi connectivity index (χ2n) is 8.29. The molecule has 9 heteroatoms. The van der Waals surface area contributed by atoms with E-state index in [1.807, 2.05) is 18.2 Å². The first-order chi connectivity index (χ1) is 16.3. The number of benzene rings is 1. The third-order valence-corrected chi connectivity index (χ3v) is 6.36. The van der Waals surface area contributed by atoms with Gasteiger partial charge in [0.15, 0.2) is 5.25 Å². The molecule has 1 unspecified atom stereocenters. The van der Waals surface area contributed by atoms with Gasteiger partial charge in [-0.25, -0.2) is 0 Å². The van der Waals surface area contributed by atoms with Crippen LogP contribution in [-0.2, 0) is 29.2 Å². The number of para-hydroxylation sites is 1. The van der Waals surface area contributed by atoms with E-state index in [4.69, 9.17) is 14.2 Å². The summed E-state index contributed by atoms with van der Waals surface area (Å²) < 4.78 is 47.9. The Bertz CT molecular complexity index is 779. The highest BCUT2D eigenvalue weighted by Gasteiger charge is 2.35. The minimum Gasteiger partial charge on any atom is -0.493 e. The molecule has 0 spiro atoms. The molecule has 34 heavy (non-hydrogen) atoms. The van der Waals surface area contributed by atoms with E-state index in [1.54, 1.807) is 12.1 Å². The number of carbonyl (C=O) groups is 2. The number of rotatable bonds is 20. The summed E-state index contributed by atoms with van der Waals surface area (Å²) in [4.78, 5) is 24.1. The van der Waals surface area contributed by atoms with Crippen LogP contribution in [0.15, 0.2) is 30.3 Å². The van der Waals surface area contributed by atoms with Crippen molar-refractivity contribution < 1.29 is 36.8 Å². The van der Waals surface area contributed by atoms with Crippen molar-refractivity contribution >= 4 is 22.1 Å². The van der Waals surface area contributed by atoms with Gasteiger partial charge in [0.05, 0.1) is 26.2 Å². The zero-order valence-electron chi connectivity index (χ0n) is 20.3. The van der Waals surface area contributed by atoms with Crippen molar-refractivity contribution in [2.24, 2.45) is 0 Å². The van der Waals surface area contributed by atoms with Crippen LogP contribution in [0.5, 0.6) is 5.75 Å². The van der Waals surface area contributed by atoms with E-state index in [-0.39, 0.29) is 13.2 Å². The fraction of sp³-hybridized carbons (Fsp3) is 0.680. The maximum absolute atomic E-state index is 12.1. The molecule has 0 amide bonds. The fourth-order valence-electron chi connectivity index (χ4n) is 3.33. The number of ether oxygens (including phenoxy) is 3. The molecule has 0 bridgehead atoms. The topological polar surface area (TPSA) is 116 Å². The van der Waals surface area contributed by atoms with Gasteiger partial charge in [0.2, 0.25) is 0 Å². The minimum atomic E-state index is -4.80. The standard InChI is InChI=1S/C25H40O8S/c1-2-3-4-5-6-7-8-9-10-14-18-33-25(27)23(34(28,29)30)21-24(26)32-20-15-19-31-22-16-12-11-13-17-22/h11-13,16-17,23H,2-10,14-15,18-21H2,1H3,(H,28,29,30). The fourth-order valence-corrected chi connectivity index (χ4v) is 3.99. The van der Waals surface area contributed by atoms with Gasteiger partial charge >= 0.3 is 11.9 Å². The number of hydrogen-bond donors (Lipinski definition) is 1. The van der Waals surface area contributed by atoms with Crippen molar-refractivity contribution in [3.8, 4) is 5.75 Å². The first-order valence-corrected chi connectivity index (χ1v) is 13.8. The van der Waals surface area contributed by atoms with Crippen molar-refractivity contribution in [1.29, 1.82) is 0 Å². The zero-order chi connectivity index (χ0) is 25.1. The van der Waals surface area contributed by atoms with Gasteiger partial charge in [-0.3, -0.25) is 14.1 Å². The number of esters is 2. The van der Waals surface area contributed by atoms with Gasteiger partial charge in [0.25, 0.3) is 10.1 Å². The summed E-state index contributed by atoms with van der Waals surface area (Å²) in [5.41, 5.74) is 0. The first kappa shape index (κ1) is 29.9. The average Bonchev–Trinajstić information content (AvgIpc) is 2.80. The Balaban J connectivity index is 2.19. The van der Waals surface area contributed by atoms with Gasteiger partial charge in [-0.15, -0.1) is 0 Å². The van der Waals surface area contributed by atoms with Crippen LogP contribution in [0, 0.1) is 0 Å². The molecule has 194 valence electrons. The quantitative estimate of drug-likeness (QED) is 0.149. The highest BCUT2D eigenvalue weighted by Crippen LogP contribution is 2.13. The molecule has 1 rings (SSSR count). The van der Waals surface area contributed by atoms with Crippen molar-refractivity contribution in [3.63, 3.8) is 0 Å². The lowest BCUT2D eigenvalue weighted by molar-refractivity contribution is -0.150. The molecule has 1 aromatic rings. The molecule has 0 saturated heterocycles. The van der Waals surface area contributed by atoms with Crippen LogP contribution in [0.4, 0.5) is 0 Å². The largest absolute Gasteiger partial charge is 0.493 e. The summed E-state index contributed by atoms with van der Waals surface area (Å²) in [6.07, 6.45) is 10.7. The van der Waals surface area contributed by atoms with Crippen LogP contribution >= 0.6 is 0 Å². The van der Waals surface area contributed by atoms with Crippen LogP contribution in [0.25, 0.3) is 0 Å². The molecule has 0 aliphatic carbocycles. The maximum atomic E-state index is 12.1. The van der Waals surface area contributed by atoms with Gasteiger partial charge < -0.3 is 14.2 Å². The molecule has 1 atom stereocenters. The van der Waals surface area contributed by atoms with Crippen LogP contribution in [-0.4, -0.2) is 50.0 Å². The average molecular weight is 501 g/mol. The summed E-state index contributed by atoms with van der Waals surface area (Å²) >= 11 is 0. The Labute approximate surface area is 204 Å². The molecule has 0 aliphatic heterocycles. The minimum absolute atomic E-state index is 0.00247. The Morgan fingerprint density at radius 1 is 0.794 bits per heavy atom. The smallest absolute Gasteiger partial charge is 0.327 e. The van der Waals surface area contributed by atoms with E-state index in [1.165, 1.54) is 38.5 Å². The van der Waals surface area contributed by atoms with E-state index < -0.39 is 33.7 Å². The molecule has 0 saturated carbocycles. The van der Waals surface area contributed by atoms with Crippen LogP contribution in [0.1, 0.15) is 84.0 Å². The van der Waals surface area contributed by atoms with E-state index >= 15 is 0 Å². The van der Waals surface area contributed by atoms with Crippen molar-refractivity contribution in [1.82, 2.24) is 0 Å². The summed E-state index contributed by atoms with van der Waals surface area (Å²) in [5.74, 6) is -1.36. The monoisotopic (exact) mass is 500 g/mol. The third kappa shape index (κ3) is 14.9. The Hall–Kier alpha value is -2.13. The van der Waals surface area contributed by atoms with Crippen LogP contribution < -0.4 is 4.74 Å².